The molecular weight excluding hydrogens is 270 g/mol. The van der Waals surface area contributed by atoms with Crippen LogP contribution in [0.3, 0.4) is 0 Å². The zero-order chi connectivity index (χ0) is 14.0. The van der Waals surface area contributed by atoms with Crippen LogP contribution in [0.2, 0.25) is 0 Å². The molecule has 0 unspecified atom stereocenters. The van der Waals surface area contributed by atoms with Gasteiger partial charge in [0.25, 0.3) is 0 Å². The van der Waals surface area contributed by atoms with Crippen molar-refractivity contribution in [2.24, 2.45) is 0 Å². The predicted octanol–water partition coefficient (Wildman–Crippen LogP) is 2.80. The Balaban J connectivity index is 1.60. The van der Waals surface area contributed by atoms with Gasteiger partial charge in [-0.2, -0.15) is 0 Å². The molecule has 20 heavy (non-hydrogen) atoms. The van der Waals surface area contributed by atoms with Crippen LogP contribution in [0.4, 0.5) is 0 Å². The molecule has 2 aromatic heterocycles. The van der Waals surface area contributed by atoms with Gasteiger partial charge in [0.05, 0.1) is 12.3 Å². The molecule has 0 aliphatic carbocycles. The minimum Gasteiger partial charge on any atom is -0.375 e. The zero-order valence-corrected chi connectivity index (χ0v) is 12.7. The van der Waals surface area contributed by atoms with Crippen LogP contribution in [0.15, 0.2) is 29.9 Å². The Morgan fingerprint density at radius 1 is 1.30 bits per heavy atom. The van der Waals surface area contributed by atoms with Crippen LogP contribution in [0.25, 0.3) is 0 Å². The lowest BCUT2D eigenvalue weighted by Crippen LogP contribution is -2.11. The van der Waals surface area contributed by atoms with Gasteiger partial charge >= 0.3 is 0 Å². The van der Waals surface area contributed by atoms with Crippen LogP contribution in [-0.4, -0.2) is 23.1 Å². The van der Waals surface area contributed by atoms with Gasteiger partial charge in [0.2, 0.25) is 0 Å². The van der Waals surface area contributed by atoms with E-state index in [1.165, 1.54) is 5.56 Å². The first kappa shape index (κ1) is 15.1. The third-order valence-corrected chi connectivity index (χ3v) is 3.78. The molecule has 108 valence electrons. The predicted molar refractivity (Wildman–Crippen MR) is 81.7 cm³/mol. The van der Waals surface area contributed by atoms with Gasteiger partial charge in [-0.05, 0) is 37.1 Å². The first-order valence-corrected chi connectivity index (χ1v) is 7.87. The van der Waals surface area contributed by atoms with Crippen LogP contribution in [0.1, 0.15) is 29.6 Å². The second-order valence-electron chi connectivity index (χ2n) is 4.52. The van der Waals surface area contributed by atoms with Gasteiger partial charge in [0.1, 0.15) is 5.01 Å². The highest BCUT2D eigenvalue weighted by Gasteiger charge is 2.01. The Hall–Kier alpha value is -1.30. The van der Waals surface area contributed by atoms with E-state index in [2.05, 4.69) is 27.6 Å². The van der Waals surface area contributed by atoms with E-state index < -0.39 is 0 Å². The van der Waals surface area contributed by atoms with Gasteiger partial charge in [0.15, 0.2) is 0 Å². The molecule has 0 bridgehead atoms. The van der Waals surface area contributed by atoms with E-state index in [0.29, 0.717) is 6.61 Å². The summed E-state index contributed by atoms with van der Waals surface area (Å²) < 4.78 is 5.67. The maximum atomic E-state index is 5.67. The van der Waals surface area contributed by atoms with Crippen molar-refractivity contribution in [2.45, 2.75) is 32.9 Å². The number of hydrogen-bond acceptors (Lipinski definition) is 5. The van der Waals surface area contributed by atoms with Crippen molar-refractivity contribution in [3.05, 3.63) is 46.2 Å². The summed E-state index contributed by atoms with van der Waals surface area (Å²) >= 11 is 1.69. The normalized spacial score (nSPS) is 10.8. The highest BCUT2D eigenvalue weighted by molar-refractivity contribution is 7.09. The molecule has 4 nitrogen and oxygen atoms in total. The average molecular weight is 291 g/mol. The average Bonchev–Trinajstić information content (AvgIpc) is 2.94. The van der Waals surface area contributed by atoms with Crippen molar-refractivity contribution in [2.75, 3.05) is 13.2 Å². The second-order valence-corrected chi connectivity index (χ2v) is 5.47. The van der Waals surface area contributed by atoms with Gasteiger partial charge < -0.3 is 10.1 Å². The topological polar surface area (TPSA) is 47.0 Å². The summed E-state index contributed by atoms with van der Waals surface area (Å²) in [5.41, 5.74) is 2.34. The zero-order valence-electron chi connectivity index (χ0n) is 11.8. The molecular formula is C15H21N3OS. The summed E-state index contributed by atoms with van der Waals surface area (Å²) in [6.45, 7) is 5.30. The van der Waals surface area contributed by atoms with Crippen LogP contribution >= 0.6 is 11.3 Å². The summed E-state index contributed by atoms with van der Waals surface area (Å²) in [5.74, 6) is 0. The third-order valence-electron chi connectivity index (χ3n) is 2.88. The Morgan fingerprint density at radius 3 is 2.95 bits per heavy atom. The molecule has 0 atom stereocenters. The summed E-state index contributed by atoms with van der Waals surface area (Å²) in [5, 5.41) is 6.48. The Bertz CT molecular complexity index is 487. The van der Waals surface area contributed by atoms with Crippen LogP contribution in [0.5, 0.6) is 0 Å². The molecule has 0 radical (unpaired) electrons. The fourth-order valence-electron chi connectivity index (χ4n) is 1.83. The van der Waals surface area contributed by atoms with Gasteiger partial charge in [-0.25, -0.2) is 4.98 Å². The van der Waals surface area contributed by atoms with Crippen LogP contribution in [-0.2, 0) is 24.3 Å². The number of nitrogens with zero attached hydrogens (tertiary/aromatic N) is 2. The highest BCUT2D eigenvalue weighted by atomic mass is 32.1. The summed E-state index contributed by atoms with van der Waals surface area (Å²) in [6, 6.07) is 4.10. The standard InChI is InChI=1S/C15H21N3OS/c1-2-16-10-15-18-14(12-20-15)11-19-9-3-4-13-5-7-17-8-6-13/h5-8,12,16H,2-4,9-11H2,1H3. The monoisotopic (exact) mass is 291 g/mol. The number of hydrogen-bond donors (Lipinski definition) is 1. The number of aromatic nitrogens is 2. The molecule has 0 fully saturated rings. The molecule has 2 rings (SSSR count). The van der Waals surface area contributed by atoms with Crippen LogP contribution < -0.4 is 5.32 Å². The van der Waals surface area contributed by atoms with E-state index in [1.807, 2.05) is 24.5 Å². The first-order chi connectivity index (χ1) is 9.88. The molecule has 2 aromatic rings. The molecule has 0 spiro atoms. The summed E-state index contributed by atoms with van der Waals surface area (Å²) in [4.78, 5) is 8.54. The lowest BCUT2D eigenvalue weighted by Gasteiger charge is -2.02. The SMILES string of the molecule is CCNCc1nc(COCCCc2ccncc2)cs1. The molecule has 0 aromatic carbocycles. The number of rotatable bonds is 9. The molecule has 0 amide bonds. The molecule has 0 aliphatic rings. The molecule has 2 heterocycles. The second kappa shape index (κ2) is 8.79. The van der Waals surface area contributed by atoms with Crippen molar-refractivity contribution in [1.82, 2.24) is 15.3 Å². The highest BCUT2D eigenvalue weighted by Crippen LogP contribution is 2.10. The van der Waals surface area contributed by atoms with E-state index in [-0.39, 0.29) is 0 Å². The Labute approximate surface area is 124 Å². The lowest BCUT2D eigenvalue weighted by molar-refractivity contribution is 0.116. The largest absolute Gasteiger partial charge is 0.375 e. The minimum absolute atomic E-state index is 0.610. The smallest absolute Gasteiger partial charge is 0.107 e. The van der Waals surface area contributed by atoms with Gasteiger partial charge in [-0.1, -0.05) is 6.92 Å². The van der Waals surface area contributed by atoms with E-state index in [1.54, 1.807) is 11.3 Å². The number of pyridine rings is 1. The van der Waals surface area contributed by atoms with E-state index in [4.69, 9.17) is 4.74 Å². The van der Waals surface area contributed by atoms with Crippen LogP contribution in [0, 0.1) is 0 Å². The molecule has 5 heteroatoms. The number of thiazole rings is 1. The van der Waals surface area contributed by atoms with Crippen molar-refractivity contribution in [3.8, 4) is 0 Å². The number of aryl methyl sites for hydroxylation is 1. The van der Waals surface area contributed by atoms with E-state index >= 15 is 0 Å². The number of ether oxygens (including phenoxy) is 1. The minimum atomic E-state index is 0.610. The maximum Gasteiger partial charge on any atom is 0.107 e. The first-order valence-electron chi connectivity index (χ1n) is 6.99. The lowest BCUT2D eigenvalue weighted by atomic mass is 10.1. The molecule has 0 saturated heterocycles. The quantitative estimate of drug-likeness (QED) is 0.722. The van der Waals surface area contributed by atoms with Gasteiger partial charge in [0, 0.05) is 30.9 Å². The summed E-state index contributed by atoms with van der Waals surface area (Å²) in [7, 11) is 0. The number of nitrogens with one attached hydrogen (secondary N) is 1. The third kappa shape index (κ3) is 5.36. The van der Waals surface area contributed by atoms with Crippen molar-refractivity contribution >= 4 is 11.3 Å². The van der Waals surface area contributed by atoms with Gasteiger partial charge in [-0.15, -0.1) is 11.3 Å². The van der Waals surface area contributed by atoms with Gasteiger partial charge in [-0.3, -0.25) is 4.98 Å². The maximum absolute atomic E-state index is 5.67. The van der Waals surface area contributed by atoms with Crippen molar-refractivity contribution in [1.29, 1.82) is 0 Å². The fraction of sp³-hybridized carbons (Fsp3) is 0.467. The molecule has 0 saturated carbocycles. The molecule has 1 N–H and O–H groups in total. The summed E-state index contributed by atoms with van der Waals surface area (Å²) in [6.07, 6.45) is 5.72. The van der Waals surface area contributed by atoms with E-state index in [0.717, 1.165) is 43.2 Å². The van der Waals surface area contributed by atoms with Crippen molar-refractivity contribution in [3.63, 3.8) is 0 Å². The van der Waals surface area contributed by atoms with Crippen molar-refractivity contribution < 1.29 is 4.74 Å². The molecule has 0 aliphatic heterocycles. The Morgan fingerprint density at radius 2 is 2.15 bits per heavy atom. The Kier molecular flexibility index (Phi) is 6.63. The van der Waals surface area contributed by atoms with E-state index in [9.17, 15) is 0 Å². The fourth-order valence-corrected chi connectivity index (χ4v) is 2.58.